The fraction of sp³-hybridized carbons (Fsp3) is 0.500. The van der Waals surface area contributed by atoms with Crippen molar-refractivity contribution in [3.05, 3.63) is 24.3 Å². The van der Waals surface area contributed by atoms with Crippen LogP contribution in [0.5, 0.6) is 0 Å². The van der Waals surface area contributed by atoms with E-state index in [9.17, 15) is 0 Å². The molecule has 1 aromatic heterocycles. The zero-order valence-electron chi connectivity index (χ0n) is 10.6. The predicted molar refractivity (Wildman–Crippen MR) is 70.6 cm³/mol. The standard InChI is InChI=1S/C14H18N2O2/c1-10(11-6-8-17-9-7-11)15-14-16-12-4-2-3-5-13(12)18-14/h2-5,10-11H,6-9H2,1H3,(H,15,16). The van der Waals surface area contributed by atoms with Gasteiger partial charge in [-0.1, -0.05) is 12.1 Å². The fourth-order valence-corrected chi connectivity index (χ4v) is 2.46. The van der Waals surface area contributed by atoms with E-state index in [4.69, 9.17) is 9.15 Å². The summed E-state index contributed by atoms with van der Waals surface area (Å²) in [5, 5.41) is 3.37. The minimum absolute atomic E-state index is 0.363. The van der Waals surface area contributed by atoms with Crippen LogP contribution in [0.2, 0.25) is 0 Å². The molecule has 0 saturated carbocycles. The summed E-state index contributed by atoms with van der Waals surface area (Å²) in [6.07, 6.45) is 2.21. The number of para-hydroxylation sites is 2. The molecule has 1 aliphatic heterocycles. The Labute approximate surface area is 106 Å². The molecule has 1 aromatic carbocycles. The van der Waals surface area contributed by atoms with Gasteiger partial charge in [0.2, 0.25) is 0 Å². The minimum Gasteiger partial charge on any atom is -0.424 e. The molecule has 2 heterocycles. The van der Waals surface area contributed by atoms with Crippen molar-refractivity contribution in [3.8, 4) is 0 Å². The summed E-state index contributed by atoms with van der Waals surface area (Å²) in [4.78, 5) is 4.44. The van der Waals surface area contributed by atoms with E-state index >= 15 is 0 Å². The van der Waals surface area contributed by atoms with Crippen LogP contribution in [0, 0.1) is 5.92 Å². The Morgan fingerprint density at radius 3 is 2.83 bits per heavy atom. The van der Waals surface area contributed by atoms with Gasteiger partial charge < -0.3 is 14.5 Å². The van der Waals surface area contributed by atoms with Gasteiger partial charge in [0.1, 0.15) is 5.52 Å². The van der Waals surface area contributed by atoms with Crippen molar-refractivity contribution in [1.29, 1.82) is 0 Å². The van der Waals surface area contributed by atoms with Crippen molar-refractivity contribution in [1.82, 2.24) is 4.98 Å². The third kappa shape index (κ3) is 2.34. The van der Waals surface area contributed by atoms with Gasteiger partial charge in [0.25, 0.3) is 6.01 Å². The molecule has 0 bridgehead atoms. The van der Waals surface area contributed by atoms with Crippen LogP contribution in [0.3, 0.4) is 0 Å². The van der Waals surface area contributed by atoms with Gasteiger partial charge in [-0.2, -0.15) is 4.98 Å². The summed E-state index contributed by atoms with van der Waals surface area (Å²) < 4.78 is 11.1. The van der Waals surface area contributed by atoms with Gasteiger partial charge in [-0.25, -0.2) is 0 Å². The summed E-state index contributed by atoms with van der Waals surface area (Å²) in [5.74, 6) is 0.633. The van der Waals surface area contributed by atoms with Crippen molar-refractivity contribution in [2.24, 2.45) is 5.92 Å². The number of anilines is 1. The van der Waals surface area contributed by atoms with Crippen LogP contribution < -0.4 is 5.32 Å². The first-order valence-corrected chi connectivity index (χ1v) is 6.53. The molecule has 4 nitrogen and oxygen atoms in total. The molecule has 4 heteroatoms. The largest absolute Gasteiger partial charge is 0.424 e. The number of hydrogen-bond donors (Lipinski definition) is 1. The van der Waals surface area contributed by atoms with Gasteiger partial charge in [0.15, 0.2) is 5.58 Å². The number of hydrogen-bond acceptors (Lipinski definition) is 4. The maximum Gasteiger partial charge on any atom is 0.295 e. The molecule has 1 aliphatic rings. The number of benzene rings is 1. The molecule has 1 N–H and O–H groups in total. The SMILES string of the molecule is CC(Nc1nc2ccccc2o1)C1CCOCC1. The quantitative estimate of drug-likeness (QED) is 0.904. The Morgan fingerprint density at radius 1 is 1.28 bits per heavy atom. The van der Waals surface area contributed by atoms with Gasteiger partial charge >= 0.3 is 0 Å². The maximum absolute atomic E-state index is 5.68. The molecule has 3 rings (SSSR count). The minimum atomic E-state index is 0.363. The van der Waals surface area contributed by atoms with E-state index in [1.165, 1.54) is 0 Å². The van der Waals surface area contributed by atoms with E-state index in [0.717, 1.165) is 37.2 Å². The summed E-state index contributed by atoms with van der Waals surface area (Å²) in [6.45, 7) is 3.92. The van der Waals surface area contributed by atoms with Crippen molar-refractivity contribution in [2.75, 3.05) is 18.5 Å². The molecule has 2 aromatic rings. The average molecular weight is 246 g/mol. The van der Waals surface area contributed by atoms with Gasteiger partial charge in [0, 0.05) is 19.3 Å². The number of nitrogens with one attached hydrogen (secondary N) is 1. The lowest BCUT2D eigenvalue weighted by atomic mass is 9.93. The Bertz CT molecular complexity index is 484. The summed E-state index contributed by atoms with van der Waals surface area (Å²) in [7, 11) is 0. The van der Waals surface area contributed by atoms with Gasteiger partial charge in [-0.3, -0.25) is 0 Å². The third-order valence-corrected chi connectivity index (χ3v) is 3.62. The molecule has 96 valence electrons. The lowest BCUT2D eigenvalue weighted by Gasteiger charge is -2.27. The number of oxazole rings is 1. The smallest absolute Gasteiger partial charge is 0.295 e. The predicted octanol–water partition coefficient (Wildman–Crippen LogP) is 3.05. The Morgan fingerprint density at radius 2 is 2.06 bits per heavy atom. The molecule has 1 atom stereocenters. The summed E-state index contributed by atoms with van der Waals surface area (Å²) in [5.41, 5.74) is 1.73. The van der Waals surface area contributed by atoms with Crippen molar-refractivity contribution < 1.29 is 9.15 Å². The molecule has 0 amide bonds. The topological polar surface area (TPSA) is 47.3 Å². The van der Waals surface area contributed by atoms with E-state index in [1.54, 1.807) is 0 Å². The second kappa shape index (κ2) is 4.98. The molecule has 1 unspecified atom stereocenters. The van der Waals surface area contributed by atoms with E-state index in [-0.39, 0.29) is 0 Å². The average Bonchev–Trinajstić information content (AvgIpc) is 2.82. The van der Waals surface area contributed by atoms with Crippen LogP contribution in [0.1, 0.15) is 19.8 Å². The zero-order valence-corrected chi connectivity index (χ0v) is 10.6. The van der Waals surface area contributed by atoms with E-state index in [2.05, 4.69) is 17.2 Å². The Balaban J connectivity index is 1.71. The number of aromatic nitrogens is 1. The van der Waals surface area contributed by atoms with Crippen LogP contribution in [0.4, 0.5) is 6.01 Å². The second-order valence-electron chi connectivity index (χ2n) is 4.87. The van der Waals surface area contributed by atoms with E-state index in [1.807, 2.05) is 24.3 Å². The van der Waals surface area contributed by atoms with Crippen molar-refractivity contribution in [3.63, 3.8) is 0 Å². The highest BCUT2D eigenvalue weighted by Crippen LogP contribution is 2.23. The molecule has 0 aliphatic carbocycles. The van der Waals surface area contributed by atoms with Crippen LogP contribution >= 0.6 is 0 Å². The highest BCUT2D eigenvalue weighted by Gasteiger charge is 2.21. The zero-order chi connectivity index (χ0) is 12.4. The lowest BCUT2D eigenvalue weighted by molar-refractivity contribution is 0.0620. The molecular weight excluding hydrogens is 228 g/mol. The third-order valence-electron chi connectivity index (χ3n) is 3.62. The number of ether oxygens (including phenoxy) is 1. The van der Waals surface area contributed by atoms with Crippen LogP contribution in [0.25, 0.3) is 11.1 Å². The van der Waals surface area contributed by atoms with Gasteiger partial charge in [-0.05, 0) is 37.8 Å². The monoisotopic (exact) mass is 246 g/mol. The number of rotatable bonds is 3. The Kier molecular flexibility index (Phi) is 3.19. The summed E-state index contributed by atoms with van der Waals surface area (Å²) >= 11 is 0. The first-order valence-electron chi connectivity index (χ1n) is 6.53. The van der Waals surface area contributed by atoms with E-state index in [0.29, 0.717) is 18.0 Å². The molecule has 1 fully saturated rings. The van der Waals surface area contributed by atoms with Crippen molar-refractivity contribution >= 4 is 17.1 Å². The second-order valence-corrected chi connectivity index (χ2v) is 4.87. The Hall–Kier alpha value is -1.55. The number of fused-ring (bicyclic) bond motifs is 1. The molecule has 0 spiro atoms. The van der Waals surface area contributed by atoms with Gasteiger partial charge in [0.05, 0.1) is 0 Å². The molecule has 1 saturated heterocycles. The van der Waals surface area contributed by atoms with Crippen molar-refractivity contribution in [2.45, 2.75) is 25.8 Å². The summed E-state index contributed by atoms with van der Waals surface area (Å²) in [6, 6.07) is 8.81. The van der Waals surface area contributed by atoms with Crippen LogP contribution in [-0.2, 0) is 4.74 Å². The maximum atomic E-state index is 5.68. The normalized spacial score (nSPS) is 18.9. The molecule has 0 radical (unpaired) electrons. The van der Waals surface area contributed by atoms with E-state index < -0.39 is 0 Å². The molecular formula is C14H18N2O2. The molecule has 18 heavy (non-hydrogen) atoms. The lowest BCUT2D eigenvalue weighted by Crippen LogP contribution is -2.31. The highest BCUT2D eigenvalue weighted by atomic mass is 16.5. The first-order chi connectivity index (χ1) is 8.83. The number of nitrogens with zero attached hydrogens (tertiary/aromatic N) is 1. The van der Waals surface area contributed by atoms with Crippen LogP contribution in [-0.4, -0.2) is 24.2 Å². The van der Waals surface area contributed by atoms with Gasteiger partial charge in [-0.15, -0.1) is 0 Å². The highest BCUT2D eigenvalue weighted by molar-refractivity contribution is 5.74. The first kappa shape index (κ1) is 11.5. The van der Waals surface area contributed by atoms with Crippen LogP contribution in [0.15, 0.2) is 28.7 Å². The fourth-order valence-electron chi connectivity index (χ4n) is 2.46.